The van der Waals surface area contributed by atoms with Crippen molar-refractivity contribution in [2.75, 3.05) is 0 Å². The molecule has 2 amide bonds. The Bertz CT molecular complexity index is 1230. The molecule has 1 aliphatic rings. The Labute approximate surface area is 196 Å². The normalized spacial score (nSPS) is 18.4. The number of carbonyl (C=O) groups is 3. The van der Waals surface area contributed by atoms with E-state index in [0.717, 1.165) is 18.0 Å². The first kappa shape index (κ1) is 24.7. The minimum Gasteiger partial charge on any atom is -0.504 e. The number of hydrogen-bond donors (Lipinski definition) is 5. The molecule has 1 aliphatic heterocycles. The Hall–Kier alpha value is -3.93. The molecule has 4 N–H and O–H groups in total. The van der Waals surface area contributed by atoms with Crippen LogP contribution in [0.5, 0.6) is 11.5 Å². The van der Waals surface area contributed by atoms with E-state index < -0.39 is 45.3 Å². The van der Waals surface area contributed by atoms with E-state index in [9.17, 15) is 38.1 Å². The number of phenols is 2. The first-order valence-corrected chi connectivity index (χ1v) is 11.3. The number of aromatic hydroxyl groups is 2. The van der Waals surface area contributed by atoms with Crippen molar-refractivity contribution in [3.63, 3.8) is 0 Å². The highest BCUT2D eigenvalue weighted by Gasteiger charge is 2.52. The summed E-state index contributed by atoms with van der Waals surface area (Å²) in [5.74, 6) is -3.22. The number of β-lactam (4-membered cyclic amide) rings is 1. The molecular formula is C22H23N3O8S. The highest BCUT2D eigenvalue weighted by Crippen LogP contribution is 2.31. The van der Waals surface area contributed by atoms with E-state index in [1.165, 1.54) is 24.3 Å². The maximum Gasteiger partial charge on any atom is 0.328 e. The van der Waals surface area contributed by atoms with E-state index in [1.807, 2.05) is 0 Å². The van der Waals surface area contributed by atoms with E-state index in [-0.39, 0.29) is 23.5 Å². The number of likely N-dealkylation sites (tertiary alicyclic amines) is 1. The molecule has 2 aromatic rings. The number of thiol groups is 1. The smallest absolute Gasteiger partial charge is 0.328 e. The van der Waals surface area contributed by atoms with Crippen LogP contribution in [0, 0.1) is 0 Å². The summed E-state index contributed by atoms with van der Waals surface area (Å²) in [7, 11) is -3.39. The quantitative estimate of drug-likeness (QED) is 0.120. The third kappa shape index (κ3) is 4.71. The highest BCUT2D eigenvalue weighted by molar-refractivity contribution is 7.75. The summed E-state index contributed by atoms with van der Waals surface area (Å²) in [4.78, 5) is 37.2. The van der Waals surface area contributed by atoms with Crippen LogP contribution in [0.15, 0.2) is 47.6 Å². The van der Waals surface area contributed by atoms with Crippen molar-refractivity contribution in [3.05, 3.63) is 48.0 Å². The van der Waals surface area contributed by atoms with Gasteiger partial charge in [0.25, 0.3) is 5.91 Å². The van der Waals surface area contributed by atoms with Crippen LogP contribution >= 0.6 is 0 Å². The molecule has 34 heavy (non-hydrogen) atoms. The molecule has 1 fully saturated rings. The molecule has 12 heteroatoms. The number of carboxylic acids is 1. The minimum absolute atomic E-state index is 0.114. The molecular weight excluding hydrogens is 466 g/mol. The van der Waals surface area contributed by atoms with Crippen LogP contribution in [0.3, 0.4) is 0 Å². The van der Waals surface area contributed by atoms with Gasteiger partial charge in [0.15, 0.2) is 28.2 Å². The van der Waals surface area contributed by atoms with Crippen molar-refractivity contribution < 1.29 is 38.1 Å². The van der Waals surface area contributed by atoms with Gasteiger partial charge < -0.3 is 20.2 Å². The van der Waals surface area contributed by atoms with Gasteiger partial charge in [-0.25, -0.2) is 18.6 Å². The van der Waals surface area contributed by atoms with Gasteiger partial charge in [0, 0.05) is 24.2 Å². The number of nitrogens with one attached hydrogen (secondary N) is 1. The Morgan fingerprint density at radius 3 is 2.26 bits per heavy atom. The van der Waals surface area contributed by atoms with Gasteiger partial charge in [-0.05, 0) is 49.2 Å². The molecule has 3 atom stereocenters. The summed E-state index contributed by atoms with van der Waals surface area (Å²) in [5.41, 5.74) is 3.61. The number of phenolic OH excluding ortho intramolecular Hbond substituents is 2. The fourth-order valence-corrected chi connectivity index (χ4v) is 4.25. The van der Waals surface area contributed by atoms with Crippen LogP contribution in [0.4, 0.5) is 0 Å². The molecule has 0 radical (unpaired) electrons. The number of benzene rings is 2. The van der Waals surface area contributed by atoms with Gasteiger partial charge >= 0.3 is 5.97 Å². The number of aliphatic carboxylic acids is 1. The number of nitrogens with zero attached hydrogens (tertiary/aromatic N) is 2. The van der Waals surface area contributed by atoms with Gasteiger partial charge in [-0.3, -0.25) is 9.59 Å². The second kappa shape index (κ2) is 9.51. The van der Waals surface area contributed by atoms with Crippen molar-refractivity contribution in [2.24, 2.45) is 5.10 Å². The van der Waals surface area contributed by atoms with E-state index >= 15 is 0 Å². The second-order valence-corrected chi connectivity index (χ2v) is 9.54. The molecule has 0 aromatic heterocycles. The Balaban J connectivity index is 1.76. The summed E-state index contributed by atoms with van der Waals surface area (Å²) in [6, 6.07) is 8.27. The zero-order chi connectivity index (χ0) is 25.2. The summed E-state index contributed by atoms with van der Waals surface area (Å²) in [6.45, 7) is 2.73. The minimum atomic E-state index is -3.39. The zero-order valence-corrected chi connectivity index (χ0v) is 19.1. The topological polar surface area (TPSA) is 174 Å². The van der Waals surface area contributed by atoms with Gasteiger partial charge in [-0.15, -0.1) is 0 Å². The Kier molecular flexibility index (Phi) is 6.91. The average molecular weight is 490 g/mol. The molecule has 0 aliphatic carbocycles. The summed E-state index contributed by atoms with van der Waals surface area (Å²) >= 11 is 0. The van der Waals surface area contributed by atoms with Gasteiger partial charge in [0.05, 0.1) is 0 Å². The lowest BCUT2D eigenvalue weighted by molar-refractivity contribution is -0.161. The van der Waals surface area contributed by atoms with E-state index in [1.54, 1.807) is 25.1 Å². The highest BCUT2D eigenvalue weighted by atomic mass is 32.2. The number of carbonyl (C=O) groups excluding carboxylic acids is 2. The SMILES string of the molecule is C[C@@H]1CC(=O)N1[C@@H](C(=O)O)[C@](C)(/C=N/NC(=O)c1ccc(-c2ccc(O)c(O)c2)cc1)[SH](=O)=O. The summed E-state index contributed by atoms with van der Waals surface area (Å²) < 4.78 is 21.9. The van der Waals surface area contributed by atoms with E-state index in [4.69, 9.17) is 0 Å². The predicted octanol–water partition coefficient (Wildman–Crippen LogP) is 0.924. The lowest BCUT2D eigenvalue weighted by Gasteiger charge is -2.45. The fourth-order valence-electron chi connectivity index (χ4n) is 3.66. The van der Waals surface area contributed by atoms with Gasteiger partial charge in [0.1, 0.15) is 4.75 Å². The predicted molar refractivity (Wildman–Crippen MR) is 122 cm³/mol. The Morgan fingerprint density at radius 2 is 1.76 bits per heavy atom. The molecule has 0 saturated carbocycles. The molecule has 1 saturated heterocycles. The first-order chi connectivity index (χ1) is 16.0. The molecule has 0 unspecified atom stereocenters. The number of rotatable bonds is 8. The lowest BCUT2D eigenvalue weighted by atomic mass is 9.92. The van der Waals surface area contributed by atoms with Crippen LogP contribution in [0.2, 0.25) is 0 Å². The monoisotopic (exact) mass is 489 g/mol. The maximum atomic E-state index is 12.4. The zero-order valence-electron chi connectivity index (χ0n) is 18.2. The summed E-state index contributed by atoms with van der Waals surface area (Å²) in [6.07, 6.45) is 0.921. The number of hydrazone groups is 1. The van der Waals surface area contributed by atoms with Crippen molar-refractivity contribution in [3.8, 4) is 22.6 Å². The van der Waals surface area contributed by atoms with Crippen molar-refractivity contribution in [2.45, 2.75) is 37.1 Å². The fraction of sp³-hybridized carbons (Fsp3) is 0.273. The molecule has 1 heterocycles. The standard InChI is InChI=1S/C22H23N3O8S/c1-12-9-18(28)25(12)19(21(30)31)22(2,34(32)33)11-23-24-20(29)14-5-3-13(4-6-14)15-7-8-16(26)17(27)10-15/h3-8,10-12,19,26-27,34H,9H2,1-2H3,(H,24,29)(H,30,31)/b23-11+/t12-,19+,22+/m1/s1. The van der Waals surface area contributed by atoms with E-state index in [2.05, 4.69) is 10.5 Å². The van der Waals surface area contributed by atoms with Crippen molar-refractivity contribution in [1.29, 1.82) is 0 Å². The average Bonchev–Trinajstić information content (AvgIpc) is 2.78. The first-order valence-electron chi connectivity index (χ1n) is 10.1. The molecule has 0 bridgehead atoms. The van der Waals surface area contributed by atoms with Crippen LogP contribution in [0.1, 0.15) is 30.6 Å². The van der Waals surface area contributed by atoms with Crippen molar-refractivity contribution >= 4 is 34.7 Å². The summed E-state index contributed by atoms with van der Waals surface area (Å²) in [5, 5.41) is 32.3. The third-order valence-electron chi connectivity index (χ3n) is 5.64. The number of carboxylic acid groups (broad SMARTS) is 1. The largest absolute Gasteiger partial charge is 0.504 e. The molecule has 2 aromatic carbocycles. The van der Waals surface area contributed by atoms with Crippen LogP contribution in [-0.2, 0) is 20.3 Å². The van der Waals surface area contributed by atoms with Crippen LogP contribution in [0.25, 0.3) is 11.1 Å². The van der Waals surface area contributed by atoms with Crippen molar-refractivity contribution in [1.82, 2.24) is 10.3 Å². The van der Waals surface area contributed by atoms with Crippen LogP contribution in [-0.4, -0.2) is 69.5 Å². The van der Waals surface area contributed by atoms with Crippen LogP contribution < -0.4 is 5.43 Å². The third-order valence-corrected chi connectivity index (χ3v) is 6.79. The number of hydrogen-bond acceptors (Lipinski definition) is 8. The second-order valence-electron chi connectivity index (χ2n) is 8.06. The molecule has 3 rings (SSSR count). The Morgan fingerprint density at radius 1 is 1.15 bits per heavy atom. The van der Waals surface area contributed by atoms with Gasteiger partial charge in [-0.2, -0.15) is 5.10 Å². The lowest BCUT2D eigenvalue weighted by Crippen LogP contribution is -2.66. The van der Waals surface area contributed by atoms with E-state index in [0.29, 0.717) is 11.1 Å². The molecule has 180 valence electrons. The molecule has 11 nitrogen and oxygen atoms in total. The van der Waals surface area contributed by atoms with Gasteiger partial charge in [-0.1, -0.05) is 18.2 Å². The molecule has 0 spiro atoms. The number of amides is 2. The van der Waals surface area contributed by atoms with Gasteiger partial charge in [0.2, 0.25) is 5.91 Å². The maximum absolute atomic E-state index is 12.4.